The summed E-state index contributed by atoms with van der Waals surface area (Å²) in [7, 11) is 0. The molecule has 4 N–H and O–H groups in total. The largest absolute Gasteiger partial charge is 0.507 e. The minimum Gasteiger partial charge on any atom is -0.507 e. The number of aromatic hydroxyl groups is 2. The molecular weight excluding hydrogens is 424 g/mol. The lowest BCUT2D eigenvalue weighted by molar-refractivity contribution is -0.246. The molecule has 10 nitrogen and oxygen atoms in total. The second-order valence-electron chi connectivity index (χ2n) is 9.00. The van der Waals surface area contributed by atoms with Gasteiger partial charge in [-0.05, 0) is 13.8 Å². The second-order valence-corrected chi connectivity index (χ2v) is 9.00. The summed E-state index contributed by atoms with van der Waals surface area (Å²) in [6.07, 6.45) is -5.98. The Morgan fingerprint density at radius 2 is 1.62 bits per heavy atom. The molecule has 7 rings (SSSR count). The molecule has 168 valence electrons. The number of esters is 1. The fraction of sp³-hybridized carbons (Fsp3) is 0.500. The Kier molecular flexibility index (Phi) is 3.70. The van der Waals surface area contributed by atoms with Gasteiger partial charge in [-0.15, -0.1) is 0 Å². The van der Waals surface area contributed by atoms with Gasteiger partial charge in [0.2, 0.25) is 0 Å². The molecule has 2 fully saturated rings. The number of ketones is 2. The third kappa shape index (κ3) is 2.06. The summed E-state index contributed by atoms with van der Waals surface area (Å²) in [5, 5.41) is 44.1. The maximum Gasteiger partial charge on any atom is 0.309 e. The maximum absolute atomic E-state index is 13.6. The topological polar surface area (TPSA) is 160 Å². The van der Waals surface area contributed by atoms with E-state index in [-0.39, 0.29) is 35.1 Å². The van der Waals surface area contributed by atoms with E-state index < -0.39 is 82.4 Å². The Labute approximate surface area is 181 Å². The fourth-order valence-electron chi connectivity index (χ4n) is 5.95. The minimum atomic E-state index is -2.08. The molecule has 10 heteroatoms. The van der Waals surface area contributed by atoms with Crippen molar-refractivity contribution in [1.82, 2.24) is 0 Å². The van der Waals surface area contributed by atoms with Crippen molar-refractivity contribution in [1.29, 1.82) is 0 Å². The minimum absolute atomic E-state index is 0.0302. The van der Waals surface area contributed by atoms with E-state index in [0.29, 0.717) is 0 Å². The summed E-state index contributed by atoms with van der Waals surface area (Å²) in [6.45, 7) is 3.06. The summed E-state index contributed by atoms with van der Waals surface area (Å²) < 4.78 is 16.7. The van der Waals surface area contributed by atoms with Gasteiger partial charge in [-0.3, -0.25) is 14.4 Å². The number of carbonyl (C=O) groups is 3. The number of carbonyl (C=O) groups excluding carboxylic acids is 3. The first-order chi connectivity index (χ1) is 15.1. The van der Waals surface area contributed by atoms with Crippen molar-refractivity contribution < 1.29 is 49.0 Å². The average Bonchev–Trinajstić information content (AvgIpc) is 3.09. The lowest BCUT2D eigenvalue weighted by Crippen LogP contribution is -2.58. The van der Waals surface area contributed by atoms with E-state index in [2.05, 4.69) is 0 Å². The van der Waals surface area contributed by atoms with Gasteiger partial charge >= 0.3 is 5.97 Å². The van der Waals surface area contributed by atoms with Crippen LogP contribution in [-0.4, -0.2) is 68.5 Å². The third-order valence-electron chi connectivity index (χ3n) is 7.41. The molecule has 1 aromatic rings. The molecule has 1 aromatic carbocycles. The van der Waals surface area contributed by atoms with Gasteiger partial charge < -0.3 is 34.6 Å². The number of rotatable bonds is 0. The quantitative estimate of drug-likeness (QED) is 0.323. The highest BCUT2D eigenvalue weighted by atomic mass is 16.6. The molecule has 0 radical (unpaired) electrons. The third-order valence-corrected chi connectivity index (χ3v) is 7.41. The number of phenols is 2. The Morgan fingerprint density at radius 1 is 0.969 bits per heavy atom. The van der Waals surface area contributed by atoms with Gasteiger partial charge in [0, 0.05) is 23.1 Å². The van der Waals surface area contributed by atoms with Crippen molar-refractivity contribution in [2.45, 2.75) is 68.9 Å². The van der Waals surface area contributed by atoms with Gasteiger partial charge in [-0.1, -0.05) is 0 Å². The predicted molar refractivity (Wildman–Crippen MR) is 102 cm³/mol. The highest BCUT2D eigenvalue weighted by molar-refractivity contribution is 6.30. The van der Waals surface area contributed by atoms with Crippen LogP contribution in [0.3, 0.4) is 0 Å². The Balaban J connectivity index is 1.64. The number of ether oxygens (including phenoxy) is 3. The van der Waals surface area contributed by atoms with E-state index in [1.807, 2.05) is 0 Å². The lowest BCUT2D eigenvalue weighted by atomic mass is 9.66. The maximum atomic E-state index is 13.6. The Morgan fingerprint density at radius 3 is 2.31 bits per heavy atom. The van der Waals surface area contributed by atoms with Crippen LogP contribution in [0, 0.1) is 0 Å². The van der Waals surface area contributed by atoms with Crippen LogP contribution in [-0.2, 0) is 24.6 Å². The van der Waals surface area contributed by atoms with Crippen molar-refractivity contribution in [3.05, 3.63) is 33.4 Å². The van der Waals surface area contributed by atoms with Gasteiger partial charge in [0.25, 0.3) is 0 Å². The molecule has 0 spiro atoms. The molecule has 2 aliphatic carbocycles. The van der Waals surface area contributed by atoms with Crippen molar-refractivity contribution in [2.75, 3.05) is 0 Å². The van der Waals surface area contributed by atoms with E-state index in [4.69, 9.17) is 14.2 Å². The van der Waals surface area contributed by atoms with Crippen molar-refractivity contribution >= 4 is 17.5 Å². The van der Waals surface area contributed by atoms with E-state index in [0.717, 1.165) is 0 Å². The first-order valence-electron chi connectivity index (χ1n) is 10.4. The first kappa shape index (κ1) is 19.9. The SMILES string of the molecule is CC1OC2CC(O)C1(O)c1c(O)c3c(c(O)c12)C(=O)C1=C(C3=O)[C@H](C)O[C@H]2CC(=O)O[C@@H]12. The summed E-state index contributed by atoms with van der Waals surface area (Å²) in [6, 6.07) is 0. The smallest absolute Gasteiger partial charge is 0.309 e. The molecule has 2 bridgehead atoms. The molecule has 7 atom stereocenters. The highest BCUT2D eigenvalue weighted by Crippen LogP contribution is 2.59. The molecule has 6 aliphatic rings. The van der Waals surface area contributed by atoms with Crippen LogP contribution in [0.5, 0.6) is 11.5 Å². The number of aliphatic hydroxyl groups is 2. The zero-order valence-electron chi connectivity index (χ0n) is 17.1. The highest BCUT2D eigenvalue weighted by Gasteiger charge is 2.60. The van der Waals surface area contributed by atoms with Gasteiger partial charge in [-0.2, -0.15) is 0 Å². The van der Waals surface area contributed by atoms with Crippen LogP contribution >= 0.6 is 0 Å². The normalized spacial score (nSPS) is 39.4. The number of hydrogen-bond donors (Lipinski definition) is 4. The number of phenolic OH excluding ortho intramolecular Hbond substituents is 2. The summed E-state index contributed by atoms with van der Waals surface area (Å²) in [5.41, 5.74) is -3.36. The van der Waals surface area contributed by atoms with E-state index in [9.17, 15) is 34.8 Å². The average molecular weight is 444 g/mol. The molecule has 2 saturated heterocycles. The number of benzene rings is 1. The molecule has 32 heavy (non-hydrogen) atoms. The standard InChI is InChI=1S/C22H20O10/c1-5-11-15(21-8(30-5)4-10(24)32-21)19(27)13-14(17(11)25)20(28)16-12(18(13)26)7-3-9(23)22(16,29)6(2)31-7/h5-9,21,23,26,28-29H,3-4H2,1-2H3/t5-,6?,7?,8-,9?,21+,22?/m0/s1. The number of Topliss-reactive ketones (excluding diaryl/α,β-unsaturated/α-hetero) is 2. The molecule has 0 amide bonds. The Bertz CT molecular complexity index is 1170. The lowest BCUT2D eigenvalue weighted by Gasteiger charge is -2.52. The summed E-state index contributed by atoms with van der Waals surface area (Å²) in [5.74, 6) is -3.38. The predicted octanol–water partition coefficient (Wildman–Crippen LogP) is 0.288. The zero-order chi connectivity index (χ0) is 22.9. The van der Waals surface area contributed by atoms with Crippen LogP contribution in [0.4, 0.5) is 0 Å². The van der Waals surface area contributed by atoms with Crippen LogP contribution in [0.25, 0.3) is 0 Å². The van der Waals surface area contributed by atoms with Crippen LogP contribution in [0.15, 0.2) is 11.1 Å². The van der Waals surface area contributed by atoms with Gasteiger partial charge in [0.15, 0.2) is 17.7 Å². The van der Waals surface area contributed by atoms with Gasteiger partial charge in [0.05, 0.1) is 47.5 Å². The molecule has 4 heterocycles. The second kappa shape index (κ2) is 5.96. The fourth-order valence-corrected chi connectivity index (χ4v) is 5.95. The van der Waals surface area contributed by atoms with Crippen LogP contribution in [0.1, 0.15) is 64.6 Å². The first-order valence-corrected chi connectivity index (χ1v) is 10.4. The van der Waals surface area contributed by atoms with Crippen LogP contribution < -0.4 is 0 Å². The Hall–Kier alpha value is -2.79. The number of fused-ring (bicyclic) bond motifs is 5. The molecule has 0 saturated carbocycles. The van der Waals surface area contributed by atoms with Crippen molar-refractivity contribution in [3.63, 3.8) is 0 Å². The van der Waals surface area contributed by atoms with E-state index in [1.54, 1.807) is 6.92 Å². The molecular formula is C22H20O10. The number of hydrogen-bond acceptors (Lipinski definition) is 10. The molecule has 0 aromatic heterocycles. The van der Waals surface area contributed by atoms with Gasteiger partial charge in [0.1, 0.15) is 23.2 Å². The van der Waals surface area contributed by atoms with Crippen LogP contribution in [0.2, 0.25) is 0 Å². The number of aliphatic hydroxyl groups excluding tert-OH is 1. The van der Waals surface area contributed by atoms with Crippen molar-refractivity contribution in [2.24, 2.45) is 0 Å². The van der Waals surface area contributed by atoms with E-state index in [1.165, 1.54) is 6.92 Å². The molecule has 4 unspecified atom stereocenters. The summed E-state index contributed by atoms with van der Waals surface area (Å²) in [4.78, 5) is 39.0. The summed E-state index contributed by atoms with van der Waals surface area (Å²) >= 11 is 0. The van der Waals surface area contributed by atoms with E-state index >= 15 is 0 Å². The zero-order valence-corrected chi connectivity index (χ0v) is 17.1. The van der Waals surface area contributed by atoms with Crippen molar-refractivity contribution in [3.8, 4) is 11.5 Å². The molecule has 4 aliphatic heterocycles. The van der Waals surface area contributed by atoms with Gasteiger partial charge in [-0.25, -0.2) is 0 Å². The monoisotopic (exact) mass is 444 g/mol.